The molecule has 0 aromatic carbocycles. The largest absolute Gasteiger partial charge is 1.00 e. The molecule has 1 aromatic heterocycles. The Morgan fingerprint density at radius 2 is 2.03 bits per heavy atom. The molecular formula is C18H20IN3O6S2. The van der Waals surface area contributed by atoms with Gasteiger partial charge >= 0.3 is 11.9 Å². The van der Waals surface area contributed by atoms with E-state index < -0.39 is 29.3 Å². The number of aliphatic carboxylic acids is 1. The van der Waals surface area contributed by atoms with Crippen molar-refractivity contribution in [3.8, 4) is 0 Å². The number of esters is 1. The fraction of sp³-hybridized carbons (Fsp3) is 0.389. The predicted molar refractivity (Wildman–Crippen MR) is 105 cm³/mol. The van der Waals surface area contributed by atoms with Crippen LogP contribution in [0.1, 0.15) is 6.92 Å². The lowest BCUT2D eigenvalue weighted by atomic mass is 10.0. The third-order valence-electron chi connectivity index (χ3n) is 4.33. The summed E-state index contributed by atoms with van der Waals surface area (Å²) >= 11 is 2.68. The molecule has 3 heterocycles. The Kier molecular flexibility index (Phi) is 8.55. The van der Waals surface area contributed by atoms with Gasteiger partial charge in [0.05, 0.1) is 5.75 Å². The third-order valence-corrected chi connectivity index (χ3v) is 6.69. The van der Waals surface area contributed by atoms with Crippen LogP contribution >= 0.6 is 23.5 Å². The second-order valence-electron chi connectivity index (χ2n) is 6.48. The van der Waals surface area contributed by atoms with Crippen molar-refractivity contribution in [3.05, 3.63) is 35.8 Å². The smallest absolute Gasteiger partial charge is 0.352 e. The van der Waals surface area contributed by atoms with Crippen LogP contribution in [0.25, 0.3) is 0 Å². The molecule has 0 spiro atoms. The van der Waals surface area contributed by atoms with Gasteiger partial charge < -0.3 is 39.1 Å². The number of hydrogen-bond donors (Lipinski definition) is 2. The van der Waals surface area contributed by atoms with Crippen LogP contribution in [0.3, 0.4) is 0 Å². The fourth-order valence-electron chi connectivity index (χ4n) is 2.93. The zero-order valence-corrected chi connectivity index (χ0v) is 20.0. The van der Waals surface area contributed by atoms with Crippen LogP contribution in [0, 0.1) is 0 Å². The molecule has 1 saturated heterocycles. The van der Waals surface area contributed by atoms with Gasteiger partial charge in [0, 0.05) is 35.3 Å². The summed E-state index contributed by atoms with van der Waals surface area (Å²) in [6.07, 6.45) is 3.75. The molecule has 2 amide bonds. The first-order chi connectivity index (χ1) is 13.8. The quantitative estimate of drug-likeness (QED) is 0.118. The van der Waals surface area contributed by atoms with Crippen molar-refractivity contribution >= 4 is 47.3 Å². The normalized spacial score (nSPS) is 19.9. The second-order valence-corrected chi connectivity index (χ2v) is 8.63. The molecule has 0 aliphatic carbocycles. The number of rotatable bonds is 7. The van der Waals surface area contributed by atoms with Gasteiger partial charge in [-0.05, 0) is 0 Å². The van der Waals surface area contributed by atoms with Gasteiger partial charge in [0.15, 0.2) is 12.4 Å². The number of aryl methyl sites for hydroxylation is 1. The van der Waals surface area contributed by atoms with E-state index in [4.69, 9.17) is 4.74 Å². The molecule has 1 fully saturated rings. The van der Waals surface area contributed by atoms with Gasteiger partial charge in [-0.2, -0.15) is 0 Å². The van der Waals surface area contributed by atoms with E-state index in [2.05, 4.69) is 5.32 Å². The Balaban J connectivity index is 0.00000320. The summed E-state index contributed by atoms with van der Waals surface area (Å²) in [4.78, 5) is 49.5. The number of carbonyl (C=O) groups excluding carboxylic acids is 3. The van der Waals surface area contributed by atoms with Crippen molar-refractivity contribution in [3.63, 3.8) is 0 Å². The molecule has 2 N–H and O–H groups in total. The Morgan fingerprint density at radius 1 is 1.37 bits per heavy atom. The molecule has 30 heavy (non-hydrogen) atoms. The van der Waals surface area contributed by atoms with Crippen LogP contribution in [0.15, 0.2) is 40.7 Å². The van der Waals surface area contributed by atoms with Crippen LogP contribution < -0.4 is 33.9 Å². The SMILES string of the molecule is CC(=O)OCC1=C(C(=O)O)N2C(=O)C(NC(=O)CSc3cc[n+](C)cc3)C2SC1.[I-]. The molecule has 0 radical (unpaired) electrons. The average Bonchev–Trinajstić information content (AvgIpc) is 2.69. The van der Waals surface area contributed by atoms with E-state index in [1.54, 1.807) is 0 Å². The van der Waals surface area contributed by atoms with Crippen molar-refractivity contribution < 1.29 is 57.6 Å². The zero-order chi connectivity index (χ0) is 21.1. The van der Waals surface area contributed by atoms with E-state index in [0.29, 0.717) is 11.3 Å². The Labute approximate surface area is 198 Å². The van der Waals surface area contributed by atoms with Crippen molar-refractivity contribution in [2.75, 3.05) is 18.1 Å². The highest BCUT2D eigenvalue weighted by molar-refractivity contribution is 8.00. The molecule has 2 unspecified atom stereocenters. The van der Waals surface area contributed by atoms with Gasteiger partial charge in [-0.15, -0.1) is 23.5 Å². The Morgan fingerprint density at radius 3 is 2.63 bits per heavy atom. The number of carboxylic acid groups (broad SMARTS) is 1. The predicted octanol–water partition coefficient (Wildman–Crippen LogP) is -3.09. The van der Waals surface area contributed by atoms with Crippen LogP contribution in [0.2, 0.25) is 0 Å². The van der Waals surface area contributed by atoms with Crippen molar-refractivity contribution in [2.24, 2.45) is 7.05 Å². The molecule has 2 atom stereocenters. The van der Waals surface area contributed by atoms with E-state index in [1.165, 1.54) is 30.4 Å². The monoisotopic (exact) mass is 565 g/mol. The fourth-order valence-corrected chi connectivity index (χ4v) is 4.95. The number of ether oxygens (including phenoxy) is 1. The molecule has 3 rings (SSSR count). The molecule has 2 aliphatic heterocycles. The minimum absolute atomic E-state index is 0. The standard InChI is InChI=1S/C18H19N3O6S2.HI/c1-10(22)27-7-11-8-29-17-14(16(24)21(17)15(11)18(25)26)19-13(23)9-28-12-3-5-20(2)6-4-12;/h3-6,14,17H,7-9H2,1-2H3,(H-,19,23,25,26);1H. The molecule has 12 heteroatoms. The minimum atomic E-state index is -1.26. The maximum absolute atomic E-state index is 12.5. The number of carboxylic acids is 1. The molecule has 9 nitrogen and oxygen atoms in total. The first-order valence-electron chi connectivity index (χ1n) is 8.68. The lowest BCUT2D eigenvalue weighted by molar-refractivity contribution is -0.671. The van der Waals surface area contributed by atoms with Crippen molar-refractivity contribution in [1.82, 2.24) is 10.2 Å². The van der Waals surface area contributed by atoms with Crippen molar-refractivity contribution in [2.45, 2.75) is 23.2 Å². The van der Waals surface area contributed by atoms with E-state index in [-0.39, 0.29) is 47.9 Å². The molecule has 2 aliphatic rings. The number of hydrogen-bond acceptors (Lipinski definition) is 7. The average molecular weight is 565 g/mol. The third kappa shape index (κ3) is 5.46. The summed E-state index contributed by atoms with van der Waals surface area (Å²) in [6.45, 7) is 1.05. The first kappa shape index (κ1) is 24.5. The lowest BCUT2D eigenvalue weighted by Crippen LogP contribution is -3.00. The highest BCUT2D eigenvalue weighted by Crippen LogP contribution is 2.40. The van der Waals surface area contributed by atoms with Crippen LogP contribution in [0.5, 0.6) is 0 Å². The van der Waals surface area contributed by atoms with Crippen LogP contribution in [0.4, 0.5) is 0 Å². The minimum Gasteiger partial charge on any atom is -1.00 e. The highest BCUT2D eigenvalue weighted by Gasteiger charge is 2.54. The number of carbonyl (C=O) groups is 4. The summed E-state index contributed by atoms with van der Waals surface area (Å²) in [5.74, 6) is -2.12. The Hall–Kier alpha value is -1.80. The number of pyridine rings is 1. The van der Waals surface area contributed by atoms with Gasteiger partial charge in [0.2, 0.25) is 5.91 Å². The van der Waals surface area contributed by atoms with Crippen LogP contribution in [-0.2, 0) is 31.0 Å². The number of β-lactam (4-membered cyclic amide) rings is 1. The maximum Gasteiger partial charge on any atom is 0.352 e. The Bertz CT molecular complexity index is 892. The number of thioether (sulfide) groups is 2. The summed E-state index contributed by atoms with van der Waals surface area (Å²) in [7, 11) is 1.90. The number of fused-ring (bicyclic) bond motifs is 1. The number of halogens is 1. The summed E-state index contributed by atoms with van der Waals surface area (Å²) in [5, 5.41) is 11.7. The number of amides is 2. The van der Waals surface area contributed by atoms with E-state index in [9.17, 15) is 24.3 Å². The molecular weight excluding hydrogens is 545 g/mol. The summed E-state index contributed by atoms with van der Waals surface area (Å²) in [5.41, 5.74) is 0.192. The maximum atomic E-state index is 12.5. The highest BCUT2D eigenvalue weighted by atomic mass is 127. The van der Waals surface area contributed by atoms with Crippen molar-refractivity contribution in [1.29, 1.82) is 0 Å². The lowest BCUT2D eigenvalue weighted by Gasteiger charge is -2.49. The first-order valence-corrected chi connectivity index (χ1v) is 10.7. The van der Waals surface area contributed by atoms with Gasteiger partial charge in [0.25, 0.3) is 5.91 Å². The molecule has 162 valence electrons. The molecule has 0 saturated carbocycles. The van der Waals surface area contributed by atoms with Gasteiger partial charge in [-0.25, -0.2) is 9.36 Å². The number of nitrogens with one attached hydrogen (secondary N) is 1. The van der Waals surface area contributed by atoms with Gasteiger partial charge in [-0.3, -0.25) is 19.3 Å². The van der Waals surface area contributed by atoms with E-state index in [1.807, 2.05) is 36.1 Å². The summed E-state index contributed by atoms with van der Waals surface area (Å²) in [6, 6.07) is 3.01. The van der Waals surface area contributed by atoms with E-state index >= 15 is 0 Å². The van der Waals surface area contributed by atoms with Gasteiger partial charge in [0.1, 0.15) is 30.8 Å². The molecule has 1 aromatic rings. The van der Waals surface area contributed by atoms with Crippen LogP contribution in [-0.4, -0.2) is 63.3 Å². The summed E-state index contributed by atoms with van der Waals surface area (Å²) < 4.78 is 6.78. The topological polar surface area (TPSA) is 117 Å². The zero-order valence-electron chi connectivity index (χ0n) is 16.2. The second kappa shape index (κ2) is 10.5. The molecule has 0 bridgehead atoms. The number of nitrogens with zero attached hydrogens (tertiary/aromatic N) is 2. The number of aromatic nitrogens is 1. The van der Waals surface area contributed by atoms with Gasteiger partial charge in [-0.1, -0.05) is 0 Å². The van der Waals surface area contributed by atoms with E-state index in [0.717, 1.165) is 9.80 Å².